The van der Waals surface area contributed by atoms with E-state index in [0.717, 1.165) is 25.9 Å². The summed E-state index contributed by atoms with van der Waals surface area (Å²) in [6.07, 6.45) is 4.24. The summed E-state index contributed by atoms with van der Waals surface area (Å²) in [6.45, 7) is 2.13. The normalized spacial score (nSPS) is 19.0. The fourth-order valence-corrected chi connectivity index (χ4v) is 4.48. The number of fused-ring (bicyclic) bond motifs is 4. The number of rotatable bonds is 1. The molecule has 6 heteroatoms. The smallest absolute Gasteiger partial charge is 0.272 e. The second kappa shape index (κ2) is 5.71. The van der Waals surface area contributed by atoms with Crippen molar-refractivity contribution < 1.29 is 9.53 Å². The van der Waals surface area contributed by atoms with Crippen LogP contribution in [0.3, 0.4) is 0 Å². The van der Waals surface area contributed by atoms with E-state index < -0.39 is 0 Å². The number of benzene rings is 1. The summed E-state index contributed by atoms with van der Waals surface area (Å²) in [5.41, 5.74) is 4.12. The molecule has 6 nitrogen and oxygen atoms in total. The molecule has 1 fully saturated rings. The van der Waals surface area contributed by atoms with E-state index in [-0.39, 0.29) is 11.5 Å². The number of likely N-dealkylation sites (tertiary alicyclic amines) is 1. The number of piperidine rings is 1. The van der Waals surface area contributed by atoms with Gasteiger partial charge in [0.15, 0.2) is 0 Å². The molecule has 1 amide bonds. The molecule has 1 spiro atoms. The number of hydrogen-bond acceptors (Lipinski definition) is 3. The maximum Gasteiger partial charge on any atom is 0.272 e. The van der Waals surface area contributed by atoms with Crippen molar-refractivity contribution in [2.75, 3.05) is 19.7 Å². The van der Waals surface area contributed by atoms with Gasteiger partial charge in [0.25, 0.3) is 5.91 Å². The van der Waals surface area contributed by atoms with Gasteiger partial charge in [-0.3, -0.25) is 9.48 Å². The summed E-state index contributed by atoms with van der Waals surface area (Å²) >= 11 is 0. The molecule has 1 saturated heterocycles. The van der Waals surface area contributed by atoms with Crippen LogP contribution in [0.5, 0.6) is 0 Å². The average molecular weight is 350 g/mol. The number of hydrogen-bond donors (Lipinski definition) is 1. The van der Waals surface area contributed by atoms with Crippen molar-refractivity contribution in [2.24, 2.45) is 7.05 Å². The molecule has 1 N–H and O–H groups in total. The molecule has 0 radical (unpaired) electrons. The second-order valence-corrected chi connectivity index (χ2v) is 7.25. The number of carbonyl (C=O) groups excluding carboxylic acids is 1. The highest BCUT2D eigenvalue weighted by molar-refractivity contribution is 5.92. The van der Waals surface area contributed by atoms with Crippen LogP contribution in [0.2, 0.25) is 0 Å². The number of aromatic nitrogens is 3. The molecular weight excluding hydrogens is 328 g/mol. The first kappa shape index (κ1) is 15.6. The number of carbonyl (C=O) groups is 1. The van der Waals surface area contributed by atoms with Crippen LogP contribution in [0.25, 0.3) is 10.9 Å². The van der Waals surface area contributed by atoms with Crippen LogP contribution in [0, 0.1) is 0 Å². The molecule has 2 aromatic heterocycles. The molecule has 0 saturated carbocycles. The van der Waals surface area contributed by atoms with Gasteiger partial charge in [-0.1, -0.05) is 18.2 Å². The second-order valence-electron chi connectivity index (χ2n) is 7.25. The SMILES string of the molecule is Cn1nccc1C(=O)N1CCC2(CC1)OCCc1c2[nH]c2ccccc12. The van der Waals surface area contributed by atoms with Gasteiger partial charge in [0.2, 0.25) is 0 Å². The Kier molecular flexibility index (Phi) is 3.43. The van der Waals surface area contributed by atoms with Crippen molar-refractivity contribution in [3.8, 4) is 0 Å². The van der Waals surface area contributed by atoms with Gasteiger partial charge in [-0.2, -0.15) is 5.10 Å². The van der Waals surface area contributed by atoms with Crippen molar-refractivity contribution in [1.29, 1.82) is 0 Å². The third-order valence-electron chi connectivity index (χ3n) is 5.90. The number of H-pyrrole nitrogens is 1. The highest BCUT2D eigenvalue weighted by atomic mass is 16.5. The maximum atomic E-state index is 12.8. The summed E-state index contributed by atoms with van der Waals surface area (Å²) in [6, 6.07) is 10.2. The topological polar surface area (TPSA) is 63.1 Å². The number of aromatic amines is 1. The zero-order chi connectivity index (χ0) is 17.7. The number of aryl methyl sites for hydroxylation is 1. The zero-order valence-electron chi connectivity index (χ0n) is 14.9. The minimum Gasteiger partial charge on any atom is -0.368 e. The van der Waals surface area contributed by atoms with Crippen LogP contribution in [0.1, 0.15) is 34.6 Å². The number of amides is 1. The van der Waals surface area contributed by atoms with Gasteiger partial charge in [-0.15, -0.1) is 0 Å². The van der Waals surface area contributed by atoms with E-state index in [4.69, 9.17) is 4.74 Å². The molecule has 0 aliphatic carbocycles. The molecule has 2 aliphatic heterocycles. The van der Waals surface area contributed by atoms with Gasteiger partial charge in [0.05, 0.1) is 12.3 Å². The zero-order valence-corrected chi connectivity index (χ0v) is 14.9. The molecular formula is C20H22N4O2. The Bertz CT molecular complexity index is 979. The molecule has 1 aromatic carbocycles. The van der Waals surface area contributed by atoms with Crippen LogP contribution in [0.15, 0.2) is 36.5 Å². The van der Waals surface area contributed by atoms with E-state index in [1.807, 2.05) is 4.90 Å². The Labute approximate surface area is 151 Å². The summed E-state index contributed by atoms with van der Waals surface area (Å²) < 4.78 is 7.96. The monoisotopic (exact) mass is 350 g/mol. The molecule has 2 aliphatic rings. The van der Waals surface area contributed by atoms with E-state index in [1.54, 1.807) is 24.0 Å². The molecule has 4 heterocycles. The summed E-state index contributed by atoms with van der Waals surface area (Å²) in [7, 11) is 1.81. The Morgan fingerprint density at radius 3 is 2.81 bits per heavy atom. The van der Waals surface area contributed by atoms with Crippen LogP contribution in [-0.2, 0) is 23.8 Å². The van der Waals surface area contributed by atoms with Crippen LogP contribution in [-0.4, -0.2) is 45.3 Å². The summed E-state index contributed by atoms with van der Waals surface area (Å²) in [4.78, 5) is 18.3. The van der Waals surface area contributed by atoms with E-state index in [2.05, 4.69) is 34.3 Å². The lowest BCUT2D eigenvalue weighted by atomic mass is 9.83. The van der Waals surface area contributed by atoms with Crippen LogP contribution >= 0.6 is 0 Å². The number of nitrogens with one attached hydrogen (secondary N) is 1. The standard InChI is InChI=1S/C20H22N4O2/c1-23-17(6-10-21-23)19(25)24-11-8-20(9-12-24)18-15(7-13-26-20)14-4-2-3-5-16(14)22-18/h2-6,10,22H,7-9,11-13H2,1H3. The fourth-order valence-electron chi connectivity index (χ4n) is 4.48. The highest BCUT2D eigenvalue weighted by Gasteiger charge is 2.43. The number of para-hydroxylation sites is 1. The minimum atomic E-state index is -0.296. The molecule has 0 unspecified atom stereocenters. The molecule has 0 atom stereocenters. The van der Waals surface area contributed by atoms with E-state index in [1.165, 1.54) is 22.2 Å². The first-order valence-corrected chi connectivity index (χ1v) is 9.19. The predicted octanol–water partition coefficient (Wildman–Crippen LogP) is 2.61. The Morgan fingerprint density at radius 2 is 2.04 bits per heavy atom. The predicted molar refractivity (Wildman–Crippen MR) is 98.0 cm³/mol. The molecule has 134 valence electrons. The Morgan fingerprint density at radius 1 is 1.23 bits per heavy atom. The van der Waals surface area contributed by atoms with Gasteiger partial charge in [-0.05, 0) is 37.0 Å². The van der Waals surface area contributed by atoms with Gasteiger partial charge in [-0.25, -0.2) is 0 Å². The lowest BCUT2D eigenvalue weighted by Crippen LogP contribution is -2.48. The summed E-state index contributed by atoms with van der Waals surface area (Å²) in [5, 5.41) is 5.41. The molecule has 3 aromatic rings. The fraction of sp³-hybridized carbons (Fsp3) is 0.400. The summed E-state index contributed by atoms with van der Waals surface area (Å²) in [5.74, 6) is 0.0486. The lowest BCUT2D eigenvalue weighted by Gasteiger charge is -2.43. The first-order valence-electron chi connectivity index (χ1n) is 9.19. The van der Waals surface area contributed by atoms with E-state index >= 15 is 0 Å². The molecule has 26 heavy (non-hydrogen) atoms. The molecule has 5 rings (SSSR count). The van der Waals surface area contributed by atoms with E-state index in [9.17, 15) is 4.79 Å². The van der Waals surface area contributed by atoms with Crippen LogP contribution < -0.4 is 0 Å². The van der Waals surface area contributed by atoms with Crippen molar-refractivity contribution in [2.45, 2.75) is 24.9 Å². The van der Waals surface area contributed by atoms with Gasteiger partial charge in [0.1, 0.15) is 11.3 Å². The van der Waals surface area contributed by atoms with Crippen molar-refractivity contribution >= 4 is 16.8 Å². The van der Waals surface area contributed by atoms with Crippen LogP contribution in [0.4, 0.5) is 0 Å². The van der Waals surface area contributed by atoms with Gasteiger partial charge < -0.3 is 14.6 Å². The third-order valence-corrected chi connectivity index (χ3v) is 5.90. The first-order chi connectivity index (χ1) is 12.7. The van der Waals surface area contributed by atoms with Crippen molar-refractivity contribution in [3.63, 3.8) is 0 Å². The molecule has 0 bridgehead atoms. The lowest BCUT2D eigenvalue weighted by molar-refractivity contribution is -0.0958. The number of nitrogens with zero attached hydrogens (tertiary/aromatic N) is 3. The number of ether oxygens (including phenoxy) is 1. The van der Waals surface area contributed by atoms with E-state index in [0.29, 0.717) is 18.8 Å². The minimum absolute atomic E-state index is 0.0486. The van der Waals surface area contributed by atoms with Crippen molar-refractivity contribution in [1.82, 2.24) is 19.7 Å². The Hall–Kier alpha value is -2.60. The third kappa shape index (κ3) is 2.22. The average Bonchev–Trinajstić information content (AvgIpc) is 3.27. The van der Waals surface area contributed by atoms with Gasteiger partial charge in [0, 0.05) is 37.2 Å². The highest BCUT2D eigenvalue weighted by Crippen LogP contribution is 2.43. The maximum absolute atomic E-state index is 12.8. The van der Waals surface area contributed by atoms with Crippen molar-refractivity contribution in [3.05, 3.63) is 53.5 Å². The Balaban J connectivity index is 1.43. The largest absolute Gasteiger partial charge is 0.368 e. The van der Waals surface area contributed by atoms with Gasteiger partial charge >= 0.3 is 0 Å². The quantitative estimate of drug-likeness (QED) is 0.734.